The predicted octanol–water partition coefficient (Wildman–Crippen LogP) is 2.61. The van der Waals surface area contributed by atoms with E-state index in [1.54, 1.807) is 37.5 Å². The van der Waals surface area contributed by atoms with E-state index in [4.69, 9.17) is 14.6 Å². The first-order valence-electron chi connectivity index (χ1n) is 8.34. The van der Waals surface area contributed by atoms with E-state index in [0.29, 0.717) is 36.8 Å². The molecule has 26 heavy (non-hydrogen) atoms. The monoisotopic (exact) mass is 358 g/mol. The van der Waals surface area contributed by atoms with Crippen molar-refractivity contribution in [3.63, 3.8) is 0 Å². The highest BCUT2D eigenvalue weighted by Gasteiger charge is 2.19. The molecule has 0 aliphatic heterocycles. The molecule has 0 saturated heterocycles. The largest absolute Gasteiger partial charge is 0.490 e. The number of carbonyl (C=O) groups is 2. The highest BCUT2D eigenvalue weighted by molar-refractivity contribution is 5.96. The molecule has 0 aliphatic carbocycles. The normalized spacial score (nSPS) is 10.2. The second-order valence-electron chi connectivity index (χ2n) is 5.46. The Morgan fingerprint density at radius 3 is 2.58 bits per heavy atom. The van der Waals surface area contributed by atoms with Gasteiger partial charge in [-0.2, -0.15) is 0 Å². The lowest BCUT2D eigenvalue weighted by atomic mass is 10.1. The number of hydrogen-bond acceptors (Lipinski definition) is 5. The second kappa shape index (κ2) is 9.41. The van der Waals surface area contributed by atoms with Gasteiger partial charge in [-0.1, -0.05) is 6.07 Å². The molecular weight excluding hydrogens is 336 g/mol. The van der Waals surface area contributed by atoms with Crippen molar-refractivity contribution in [2.45, 2.75) is 20.5 Å². The van der Waals surface area contributed by atoms with Crippen LogP contribution in [0, 0.1) is 0 Å². The lowest BCUT2D eigenvalue weighted by molar-refractivity contribution is -0.137. The molecular formula is C19H22N2O5. The summed E-state index contributed by atoms with van der Waals surface area (Å²) >= 11 is 0. The van der Waals surface area contributed by atoms with Gasteiger partial charge in [-0.05, 0) is 38.1 Å². The van der Waals surface area contributed by atoms with Gasteiger partial charge < -0.3 is 19.5 Å². The van der Waals surface area contributed by atoms with Crippen molar-refractivity contribution in [2.75, 3.05) is 19.7 Å². The fourth-order valence-electron chi connectivity index (χ4n) is 2.35. The van der Waals surface area contributed by atoms with Crippen molar-refractivity contribution < 1.29 is 24.2 Å². The minimum Gasteiger partial charge on any atom is -0.490 e. The van der Waals surface area contributed by atoms with Crippen LogP contribution in [0.3, 0.4) is 0 Å². The van der Waals surface area contributed by atoms with E-state index in [1.165, 1.54) is 4.90 Å². The highest BCUT2D eigenvalue weighted by Crippen LogP contribution is 2.29. The number of ether oxygens (including phenoxy) is 2. The lowest BCUT2D eigenvalue weighted by Crippen LogP contribution is -2.35. The first-order valence-corrected chi connectivity index (χ1v) is 8.34. The number of carboxylic acids is 1. The van der Waals surface area contributed by atoms with Crippen LogP contribution in [0.15, 0.2) is 42.7 Å². The lowest BCUT2D eigenvalue weighted by Gasteiger charge is -2.19. The molecule has 1 N–H and O–H groups in total. The van der Waals surface area contributed by atoms with E-state index in [1.807, 2.05) is 19.1 Å². The van der Waals surface area contributed by atoms with Gasteiger partial charge in [0, 0.05) is 30.1 Å². The summed E-state index contributed by atoms with van der Waals surface area (Å²) < 4.78 is 11.4. The van der Waals surface area contributed by atoms with Gasteiger partial charge in [0.1, 0.15) is 13.2 Å². The number of rotatable bonds is 9. The Morgan fingerprint density at radius 2 is 1.96 bits per heavy atom. The molecule has 1 aromatic carbocycles. The van der Waals surface area contributed by atoms with E-state index in [9.17, 15) is 9.59 Å². The summed E-state index contributed by atoms with van der Waals surface area (Å²) in [4.78, 5) is 28.7. The van der Waals surface area contributed by atoms with Crippen molar-refractivity contribution in [1.29, 1.82) is 0 Å². The molecule has 1 heterocycles. The highest BCUT2D eigenvalue weighted by atomic mass is 16.5. The molecule has 0 bridgehead atoms. The zero-order valence-corrected chi connectivity index (χ0v) is 14.8. The number of aliphatic carboxylic acids is 1. The summed E-state index contributed by atoms with van der Waals surface area (Å²) in [7, 11) is 0. The van der Waals surface area contributed by atoms with Crippen LogP contribution in [0.25, 0.3) is 0 Å². The SMILES string of the molecule is CCOc1cc(C(=O)N(CC)CC(=O)O)ccc1OCc1cccnc1. The summed E-state index contributed by atoms with van der Waals surface area (Å²) in [5.41, 5.74) is 1.26. The standard InChI is InChI=1S/C19H22N2O5/c1-3-21(12-18(22)23)19(24)15-7-8-16(17(10-15)25-4-2)26-13-14-6-5-9-20-11-14/h5-11H,3-4,12-13H2,1-2H3,(H,22,23). The number of pyridine rings is 1. The molecule has 138 valence electrons. The van der Waals surface area contributed by atoms with Crippen LogP contribution in [0.2, 0.25) is 0 Å². The minimum absolute atomic E-state index is 0.300. The molecule has 0 spiro atoms. The molecule has 0 radical (unpaired) electrons. The molecule has 0 fully saturated rings. The summed E-state index contributed by atoms with van der Waals surface area (Å²) in [6.45, 7) is 4.25. The molecule has 7 heteroatoms. The molecule has 2 aromatic rings. The Balaban J connectivity index is 2.18. The number of carboxylic acid groups (broad SMARTS) is 1. The van der Waals surface area contributed by atoms with Gasteiger partial charge in [0.25, 0.3) is 5.91 Å². The van der Waals surface area contributed by atoms with Crippen molar-refractivity contribution in [2.24, 2.45) is 0 Å². The molecule has 0 unspecified atom stereocenters. The Kier molecular flexibility index (Phi) is 6.96. The third-order valence-corrected chi connectivity index (χ3v) is 3.60. The second-order valence-corrected chi connectivity index (χ2v) is 5.46. The van der Waals surface area contributed by atoms with Gasteiger partial charge in [0.05, 0.1) is 6.61 Å². The van der Waals surface area contributed by atoms with Gasteiger partial charge in [0.2, 0.25) is 0 Å². The third kappa shape index (κ3) is 5.20. The van der Waals surface area contributed by atoms with E-state index in [-0.39, 0.29) is 12.5 Å². The summed E-state index contributed by atoms with van der Waals surface area (Å²) in [5, 5.41) is 8.93. The molecule has 1 amide bonds. The van der Waals surface area contributed by atoms with E-state index in [0.717, 1.165) is 5.56 Å². The average Bonchev–Trinajstić information content (AvgIpc) is 2.65. The maximum atomic E-state index is 12.5. The number of amides is 1. The number of carbonyl (C=O) groups excluding carboxylic acids is 1. The third-order valence-electron chi connectivity index (χ3n) is 3.60. The Morgan fingerprint density at radius 1 is 1.15 bits per heavy atom. The molecule has 0 saturated carbocycles. The minimum atomic E-state index is -1.05. The number of hydrogen-bond donors (Lipinski definition) is 1. The van der Waals surface area contributed by atoms with Crippen LogP contribution in [0.5, 0.6) is 11.5 Å². The van der Waals surface area contributed by atoms with Gasteiger partial charge in [-0.25, -0.2) is 0 Å². The Labute approximate surface area is 152 Å². The molecule has 7 nitrogen and oxygen atoms in total. The topological polar surface area (TPSA) is 89.0 Å². The fraction of sp³-hybridized carbons (Fsp3) is 0.316. The summed E-state index contributed by atoms with van der Waals surface area (Å²) in [6, 6.07) is 8.56. The first kappa shape index (κ1) is 19.2. The van der Waals surface area contributed by atoms with E-state index < -0.39 is 5.97 Å². The molecule has 1 aromatic heterocycles. The van der Waals surface area contributed by atoms with E-state index in [2.05, 4.69) is 4.98 Å². The van der Waals surface area contributed by atoms with Gasteiger partial charge >= 0.3 is 5.97 Å². The zero-order valence-electron chi connectivity index (χ0n) is 14.8. The van der Waals surface area contributed by atoms with Gasteiger partial charge in [0.15, 0.2) is 11.5 Å². The van der Waals surface area contributed by atoms with Crippen molar-refractivity contribution >= 4 is 11.9 Å². The molecule has 0 aliphatic rings. The number of aromatic nitrogens is 1. The van der Waals surface area contributed by atoms with Crippen LogP contribution < -0.4 is 9.47 Å². The van der Waals surface area contributed by atoms with Gasteiger partial charge in [-0.15, -0.1) is 0 Å². The number of nitrogens with zero attached hydrogens (tertiary/aromatic N) is 2. The number of benzene rings is 1. The maximum Gasteiger partial charge on any atom is 0.323 e. The Hall–Kier alpha value is -3.09. The smallest absolute Gasteiger partial charge is 0.323 e. The van der Waals surface area contributed by atoms with Crippen LogP contribution in [-0.4, -0.2) is 46.6 Å². The summed E-state index contributed by atoms with van der Waals surface area (Å²) in [5.74, 6) is -0.474. The maximum absolute atomic E-state index is 12.5. The van der Waals surface area contributed by atoms with Crippen LogP contribution >= 0.6 is 0 Å². The summed E-state index contributed by atoms with van der Waals surface area (Å²) in [6.07, 6.45) is 3.40. The van der Waals surface area contributed by atoms with Crippen LogP contribution in [0.4, 0.5) is 0 Å². The van der Waals surface area contributed by atoms with Crippen molar-refractivity contribution in [3.8, 4) is 11.5 Å². The molecule has 2 rings (SSSR count). The zero-order chi connectivity index (χ0) is 18.9. The quantitative estimate of drug-likeness (QED) is 0.741. The van der Waals surface area contributed by atoms with Crippen LogP contribution in [-0.2, 0) is 11.4 Å². The number of likely N-dealkylation sites (N-methyl/N-ethyl adjacent to an activating group) is 1. The van der Waals surface area contributed by atoms with E-state index >= 15 is 0 Å². The van der Waals surface area contributed by atoms with Gasteiger partial charge in [-0.3, -0.25) is 14.6 Å². The van der Waals surface area contributed by atoms with Crippen LogP contribution in [0.1, 0.15) is 29.8 Å². The van der Waals surface area contributed by atoms with Crippen molar-refractivity contribution in [3.05, 3.63) is 53.9 Å². The first-order chi connectivity index (χ1) is 12.5. The molecule has 0 atom stereocenters. The predicted molar refractivity (Wildman–Crippen MR) is 95.4 cm³/mol. The fourth-order valence-corrected chi connectivity index (χ4v) is 2.35. The average molecular weight is 358 g/mol. The van der Waals surface area contributed by atoms with Crippen molar-refractivity contribution in [1.82, 2.24) is 9.88 Å². The Bertz CT molecular complexity index is 749.